The van der Waals surface area contributed by atoms with Crippen molar-refractivity contribution in [2.45, 2.75) is 18.3 Å². The molecule has 1 unspecified atom stereocenters. The van der Waals surface area contributed by atoms with Crippen LogP contribution in [0.1, 0.15) is 35.1 Å². The molecule has 0 saturated heterocycles. The molecule has 4 aromatic rings. The number of nitrogens with zero attached hydrogens (tertiary/aromatic N) is 1. The van der Waals surface area contributed by atoms with Crippen LogP contribution in [0.25, 0.3) is 27.5 Å². The van der Waals surface area contributed by atoms with Gasteiger partial charge >= 0.3 is 0 Å². The van der Waals surface area contributed by atoms with Gasteiger partial charge in [-0.3, -0.25) is 0 Å². The zero-order chi connectivity index (χ0) is 21.4. The molecule has 3 aliphatic rings. The Kier molecular flexibility index (Phi) is 3.50. The Morgan fingerprint density at radius 3 is 2.53 bits per heavy atom. The quantitative estimate of drug-likeness (QED) is 0.280. The van der Waals surface area contributed by atoms with E-state index >= 15 is 0 Å². The molecule has 0 aliphatic heterocycles. The van der Waals surface area contributed by atoms with Gasteiger partial charge < -0.3 is 0 Å². The average molecular weight is 428 g/mol. The second kappa shape index (κ2) is 6.22. The Labute approximate surface area is 191 Å². The summed E-state index contributed by atoms with van der Waals surface area (Å²) < 4.78 is 0. The minimum atomic E-state index is -0.436. The van der Waals surface area contributed by atoms with Gasteiger partial charge in [-0.2, -0.15) is 5.26 Å². The molecule has 2 heteroatoms. The lowest BCUT2D eigenvalue weighted by Crippen LogP contribution is -2.27. The molecule has 0 bridgehead atoms. The molecule has 0 N–H and O–H groups in total. The van der Waals surface area contributed by atoms with Crippen molar-refractivity contribution in [1.82, 2.24) is 0 Å². The number of hydrogen-bond acceptors (Lipinski definition) is 1. The largest absolute Gasteiger partial charge is 0.193 e. The maximum Gasteiger partial charge on any atom is 0.0947 e. The van der Waals surface area contributed by atoms with Gasteiger partial charge in [-0.15, -0.1) is 0 Å². The van der Waals surface area contributed by atoms with Crippen molar-refractivity contribution >= 4 is 27.9 Å². The van der Waals surface area contributed by atoms with Crippen molar-refractivity contribution in [1.29, 1.82) is 5.26 Å². The van der Waals surface area contributed by atoms with E-state index < -0.39 is 5.41 Å². The minimum Gasteiger partial charge on any atom is -0.193 e. The molecule has 4 aromatic carbocycles. The van der Waals surface area contributed by atoms with Crippen LogP contribution in [0.4, 0.5) is 0 Å². The number of halogens is 1. The predicted molar refractivity (Wildman–Crippen MR) is 131 cm³/mol. The molecule has 150 valence electrons. The summed E-state index contributed by atoms with van der Waals surface area (Å²) in [6.45, 7) is 0. The fourth-order valence-electron chi connectivity index (χ4n) is 6.29. The van der Waals surface area contributed by atoms with Crippen molar-refractivity contribution in [2.24, 2.45) is 0 Å². The van der Waals surface area contributed by atoms with Crippen molar-refractivity contribution in [3.8, 4) is 17.2 Å². The van der Waals surface area contributed by atoms with E-state index in [0.29, 0.717) is 0 Å². The molecule has 3 aliphatic carbocycles. The van der Waals surface area contributed by atoms with Crippen LogP contribution in [-0.4, -0.2) is 0 Å². The van der Waals surface area contributed by atoms with Gasteiger partial charge in [-0.25, -0.2) is 0 Å². The lowest BCUT2D eigenvalue weighted by atomic mass is 9.68. The summed E-state index contributed by atoms with van der Waals surface area (Å²) in [6, 6.07) is 30.7. The first kappa shape index (κ1) is 18.0. The third-order valence-electron chi connectivity index (χ3n) is 7.48. The molecule has 0 amide bonds. The molecule has 7 rings (SSSR count). The van der Waals surface area contributed by atoms with Crippen LogP contribution in [0.5, 0.6) is 0 Å². The summed E-state index contributed by atoms with van der Waals surface area (Å²) in [6.07, 6.45) is 3.84. The van der Waals surface area contributed by atoms with Gasteiger partial charge in [0.1, 0.15) is 0 Å². The number of fused-ring (bicyclic) bond motifs is 11. The Morgan fingerprint density at radius 2 is 1.62 bits per heavy atom. The monoisotopic (exact) mass is 427 g/mol. The molecule has 32 heavy (non-hydrogen) atoms. The summed E-state index contributed by atoms with van der Waals surface area (Å²) in [7, 11) is 0. The SMILES string of the molecule is N#CC1=CC2=C(CC1)c1ccc(Cl)cc1C21c2ccccc2-c2c1ccc1ccccc21. The van der Waals surface area contributed by atoms with Crippen molar-refractivity contribution in [3.63, 3.8) is 0 Å². The Balaban J connectivity index is 1.71. The van der Waals surface area contributed by atoms with Crippen LogP contribution >= 0.6 is 11.6 Å². The molecule has 0 fully saturated rings. The molecular weight excluding hydrogens is 410 g/mol. The van der Waals surface area contributed by atoms with E-state index in [1.54, 1.807) is 0 Å². The van der Waals surface area contributed by atoms with Crippen LogP contribution in [0.2, 0.25) is 5.02 Å². The number of hydrogen-bond donors (Lipinski definition) is 0. The van der Waals surface area contributed by atoms with Gasteiger partial charge in [-0.1, -0.05) is 78.3 Å². The summed E-state index contributed by atoms with van der Waals surface area (Å²) >= 11 is 6.60. The first-order chi connectivity index (χ1) is 15.7. The lowest BCUT2D eigenvalue weighted by molar-refractivity contribution is 0.779. The van der Waals surface area contributed by atoms with Gasteiger partial charge in [0.25, 0.3) is 0 Å². The molecule has 1 spiro atoms. The highest BCUT2D eigenvalue weighted by atomic mass is 35.5. The third-order valence-corrected chi connectivity index (χ3v) is 7.71. The number of allylic oxidation sites excluding steroid dienone is 4. The van der Waals surface area contributed by atoms with Gasteiger partial charge in [0.05, 0.1) is 11.5 Å². The normalized spacial score (nSPS) is 19.9. The molecule has 1 atom stereocenters. The smallest absolute Gasteiger partial charge is 0.0947 e. The first-order valence-corrected chi connectivity index (χ1v) is 11.4. The van der Waals surface area contributed by atoms with Crippen LogP contribution in [0, 0.1) is 11.3 Å². The fourth-order valence-corrected chi connectivity index (χ4v) is 6.47. The van der Waals surface area contributed by atoms with E-state index in [1.807, 2.05) is 6.07 Å². The number of benzene rings is 4. The van der Waals surface area contributed by atoms with Gasteiger partial charge in [0.15, 0.2) is 0 Å². The summed E-state index contributed by atoms with van der Waals surface area (Å²) in [5.74, 6) is 0. The lowest BCUT2D eigenvalue weighted by Gasteiger charge is -2.32. The van der Waals surface area contributed by atoms with Gasteiger partial charge in [0, 0.05) is 10.6 Å². The zero-order valence-electron chi connectivity index (χ0n) is 17.3. The highest BCUT2D eigenvalue weighted by Gasteiger charge is 2.53. The zero-order valence-corrected chi connectivity index (χ0v) is 18.1. The first-order valence-electron chi connectivity index (χ1n) is 11.0. The summed E-state index contributed by atoms with van der Waals surface area (Å²) in [5, 5.41) is 13.0. The van der Waals surface area contributed by atoms with Crippen molar-refractivity contribution in [2.75, 3.05) is 0 Å². The maximum absolute atomic E-state index is 9.77. The molecule has 0 saturated carbocycles. The second-order valence-corrected chi connectivity index (χ2v) is 9.30. The van der Waals surface area contributed by atoms with Crippen LogP contribution in [0.15, 0.2) is 96.1 Å². The highest BCUT2D eigenvalue weighted by molar-refractivity contribution is 6.30. The maximum atomic E-state index is 9.77. The van der Waals surface area contributed by atoms with Crippen LogP contribution in [-0.2, 0) is 5.41 Å². The molecule has 0 heterocycles. The van der Waals surface area contributed by atoms with E-state index in [9.17, 15) is 5.26 Å². The van der Waals surface area contributed by atoms with E-state index in [2.05, 4.69) is 84.9 Å². The highest BCUT2D eigenvalue weighted by Crippen LogP contribution is 2.64. The van der Waals surface area contributed by atoms with Crippen molar-refractivity contribution in [3.05, 3.63) is 123 Å². The van der Waals surface area contributed by atoms with E-state index in [1.165, 1.54) is 55.3 Å². The number of nitriles is 1. The summed E-state index contributed by atoms with van der Waals surface area (Å²) in [5.41, 5.74) is 10.7. The van der Waals surface area contributed by atoms with E-state index in [4.69, 9.17) is 11.6 Å². The van der Waals surface area contributed by atoms with Gasteiger partial charge in [-0.05, 0) is 86.3 Å². The molecule has 0 radical (unpaired) electrons. The van der Waals surface area contributed by atoms with E-state index in [-0.39, 0.29) is 0 Å². The topological polar surface area (TPSA) is 23.8 Å². The molecular formula is C30H18ClN. The minimum absolute atomic E-state index is 0.436. The third kappa shape index (κ3) is 2.04. The number of rotatable bonds is 0. The Morgan fingerprint density at radius 1 is 0.781 bits per heavy atom. The predicted octanol–water partition coefficient (Wildman–Crippen LogP) is 7.82. The average Bonchev–Trinajstić information content (AvgIpc) is 3.30. The molecule has 1 nitrogen and oxygen atoms in total. The standard InChI is InChI=1S/C30H18ClN/c31-20-11-13-23-22-12-9-18(17-32)15-27(22)30(28(23)16-20)25-8-4-3-7-24(25)29-21-6-2-1-5-19(21)10-14-26(29)30/h1-8,10-11,13-16H,9,12H2. The Hall–Kier alpha value is -3.60. The fraction of sp³-hybridized carbons (Fsp3) is 0.100. The van der Waals surface area contributed by atoms with Crippen molar-refractivity contribution < 1.29 is 0 Å². The van der Waals surface area contributed by atoms with Gasteiger partial charge in [0.2, 0.25) is 0 Å². The second-order valence-electron chi connectivity index (χ2n) is 8.87. The summed E-state index contributed by atoms with van der Waals surface area (Å²) in [4.78, 5) is 0. The van der Waals surface area contributed by atoms with Crippen LogP contribution < -0.4 is 0 Å². The van der Waals surface area contributed by atoms with Crippen LogP contribution in [0.3, 0.4) is 0 Å². The molecule has 0 aromatic heterocycles. The van der Waals surface area contributed by atoms with E-state index in [0.717, 1.165) is 23.4 Å². The Bertz CT molecular complexity index is 1600.